The van der Waals surface area contributed by atoms with Crippen LogP contribution in [0.2, 0.25) is 0 Å². The Balaban J connectivity index is 1.25. The molecular formula is C35H55N5O6. The number of amides is 2. The molecule has 4 rings (SSSR count). The molecule has 2 amide bonds. The molecule has 0 aromatic rings. The molecule has 0 radical (unpaired) electrons. The number of alkyl carbamates (subject to hydrolysis) is 1. The van der Waals surface area contributed by atoms with Crippen LogP contribution >= 0.6 is 0 Å². The molecule has 2 unspecified atom stereocenters. The Labute approximate surface area is 274 Å². The summed E-state index contributed by atoms with van der Waals surface area (Å²) in [5.41, 5.74) is 9.15. The number of fused-ring (bicyclic) bond motifs is 5. The van der Waals surface area contributed by atoms with E-state index >= 15 is 0 Å². The summed E-state index contributed by atoms with van der Waals surface area (Å²) in [4.78, 5) is 27.4. The van der Waals surface area contributed by atoms with Gasteiger partial charge in [-0.2, -0.15) is 0 Å². The van der Waals surface area contributed by atoms with Crippen molar-refractivity contribution >= 4 is 12.0 Å². The molecule has 46 heavy (non-hydrogen) atoms. The lowest BCUT2D eigenvalue weighted by atomic mass is 9.43. The summed E-state index contributed by atoms with van der Waals surface area (Å²) >= 11 is 0. The second kappa shape index (κ2) is 16.4. The number of terminal acetylenes is 1. The lowest BCUT2D eigenvalue weighted by Crippen LogP contribution is -2.58. The summed E-state index contributed by atoms with van der Waals surface area (Å²) in [6.45, 7) is 7.69. The highest BCUT2D eigenvalue weighted by atomic mass is 16.6. The minimum atomic E-state index is -0.918. The molecule has 0 aliphatic heterocycles. The summed E-state index contributed by atoms with van der Waals surface area (Å²) in [7, 11) is 0. The lowest BCUT2D eigenvalue weighted by Gasteiger charge is -2.62. The van der Waals surface area contributed by atoms with E-state index < -0.39 is 18.2 Å². The molecule has 4 aliphatic carbocycles. The highest BCUT2D eigenvalue weighted by Gasteiger charge is 2.62. The standard InChI is InChI=1S/C35H55N5O6/c1-5-6-17-45-18-19-46-33(44)39-30(22-37-40-36)38-31(43)10-8-7-9-23(2)26-11-12-27-32-28(14-16-35(26,27)4)34(3)15-13-25(41)20-24(34)21-29(32)42/h1,8,10,23-30,32,41-42H,6-7,9,11-22H2,2-4H3,(H,38,43)(H,39,44)/t23-,24+,25-,26-,27+,28+,29?,30?,32+,34+,35-/m1/s1. The Morgan fingerprint density at radius 3 is 2.61 bits per heavy atom. The van der Waals surface area contributed by atoms with Crippen molar-refractivity contribution in [3.8, 4) is 12.3 Å². The summed E-state index contributed by atoms with van der Waals surface area (Å²) in [6, 6.07) is 0. The van der Waals surface area contributed by atoms with E-state index in [4.69, 9.17) is 21.4 Å². The van der Waals surface area contributed by atoms with E-state index in [2.05, 4.69) is 47.4 Å². The zero-order valence-electron chi connectivity index (χ0n) is 27.9. The number of allylic oxidation sites excluding steroid dienone is 1. The monoisotopic (exact) mass is 641 g/mol. The Morgan fingerprint density at radius 2 is 1.85 bits per heavy atom. The summed E-state index contributed by atoms with van der Waals surface area (Å²) in [5, 5.41) is 30.5. The van der Waals surface area contributed by atoms with Crippen LogP contribution in [0.5, 0.6) is 0 Å². The zero-order chi connectivity index (χ0) is 33.3. The van der Waals surface area contributed by atoms with Crippen molar-refractivity contribution in [3.63, 3.8) is 0 Å². The van der Waals surface area contributed by atoms with Crippen LogP contribution in [0.4, 0.5) is 4.79 Å². The van der Waals surface area contributed by atoms with Crippen molar-refractivity contribution < 1.29 is 29.3 Å². The number of aliphatic hydroxyl groups excluding tert-OH is 2. The van der Waals surface area contributed by atoms with Crippen LogP contribution in [0, 0.1) is 58.7 Å². The maximum atomic E-state index is 12.6. The number of ether oxygens (including phenoxy) is 2. The molecule has 11 nitrogen and oxygen atoms in total. The molecule has 4 aliphatic rings. The van der Waals surface area contributed by atoms with E-state index in [1.165, 1.54) is 31.8 Å². The highest BCUT2D eigenvalue weighted by molar-refractivity contribution is 5.88. The van der Waals surface area contributed by atoms with Crippen LogP contribution in [-0.4, -0.2) is 67.0 Å². The van der Waals surface area contributed by atoms with Crippen LogP contribution in [0.15, 0.2) is 17.3 Å². The van der Waals surface area contributed by atoms with Gasteiger partial charge in [0.2, 0.25) is 5.91 Å². The second-order valence-electron chi connectivity index (χ2n) is 14.7. The van der Waals surface area contributed by atoms with Gasteiger partial charge in [0.05, 0.1) is 32.0 Å². The van der Waals surface area contributed by atoms with Crippen molar-refractivity contribution in [2.45, 2.75) is 110 Å². The number of hydrogen-bond donors (Lipinski definition) is 4. The predicted molar refractivity (Wildman–Crippen MR) is 175 cm³/mol. The quantitative estimate of drug-likeness (QED) is 0.0373. The van der Waals surface area contributed by atoms with Gasteiger partial charge in [0.15, 0.2) is 0 Å². The third-order valence-corrected chi connectivity index (χ3v) is 12.3. The Bertz CT molecular complexity index is 1170. The number of azide groups is 1. The molecule has 11 heteroatoms. The molecule has 4 saturated carbocycles. The first-order valence-corrected chi connectivity index (χ1v) is 17.3. The van der Waals surface area contributed by atoms with Gasteiger partial charge in [-0.25, -0.2) is 4.79 Å². The number of nitrogens with zero attached hydrogens (tertiary/aromatic N) is 3. The second-order valence-corrected chi connectivity index (χ2v) is 14.7. The van der Waals surface area contributed by atoms with Gasteiger partial charge >= 0.3 is 6.09 Å². The van der Waals surface area contributed by atoms with Crippen molar-refractivity contribution in [2.75, 3.05) is 26.4 Å². The van der Waals surface area contributed by atoms with Crippen LogP contribution in [0.3, 0.4) is 0 Å². The molecule has 4 N–H and O–H groups in total. The van der Waals surface area contributed by atoms with E-state index in [9.17, 15) is 19.8 Å². The number of carbonyl (C=O) groups is 2. The van der Waals surface area contributed by atoms with Crippen molar-refractivity contribution in [1.82, 2.24) is 10.6 Å². The van der Waals surface area contributed by atoms with Crippen molar-refractivity contribution in [1.29, 1.82) is 0 Å². The maximum Gasteiger partial charge on any atom is 0.408 e. The highest BCUT2D eigenvalue weighted by Crippen LogP contribution is 2.68. The summed E-state index contributed by atoms with van der Waals surface area (Å²) < 4.78 is 10.3. The van der Waals surface area contributed by atoms with Gasteiger partial charge in [0, 0.05) is 11.3 Å². The molecule has 0 spiro atoms. The number of carbonyl (C=O) groups excluding carboxylic acids is 2. The maximum absolute atomic E-state index is 12.6. The van der Waals surface area contributed by atoms with Crippen molar-refractivity contribution in [3.05, 3.63) is 22.6 Å². The average Bonchev–Trinajstić information content (AvgIpc) is 3.37. The van der Waals surface area contributed by atoms with E-state index in [0.29, 0.717) is 48.5 Å². The molecule has 0 bridgehead atoms. The van der Waals surface area contributed by atoms with Crippen LogP contribution in [-0.2, 0) is 14.3 Å². The van der Waals surface area contributed by atoms with E-state index in [0.717, 1.165) is 38.5 Å². The fourth-order valence-electron chi connectivity index (χ4n) is 10.0. The molecule has 11 atom stereocenters. The zero-order valence-corrected chi connectivity index (χ0v) is 27.9. The molecule has 256 valence electrons. The van der Waals surface area contributed by atoms with E-state index in [-0.39, 0.29) is 42.8 Å². The predicted octanol–water partition coefficient (Wildman–Crippen LogP) is 5.47. The van der Waals surface area contributed by atoms with Crippen molar-refractivity contribution in [2.24, 2.45) is 51.5 Å². The molecule has 0 saturated heterocycles. The number of rotatable bonds is 14. The Hall–Kier alpha value is -2.77. The normalized spacial score (nSPS) is 36.2. The number of aliphatic hydroxyl groups is 2. The number of nitrogens with one attached hydrogen (secondary N) is 2. The third kappa shape index (κ3) is 8.38. The number of hydrogen-bond acceptors (Lipinski definition) is 7. The van der Waals surface area contributed by atoms with Gasteiger partial charge in [-0.1, -0.05) is 32.0 Å². The molecular weight excluding hydrogens is 586 g/mol. The molecule has 0 aromatic carbocycles. The molecule has 0 aromatic heterocycles. The van der Waals surface area contributed by atoms with E-state index in [1.54, 1.807) is 0 Å². The fraction of sp³-hybridized carbons (Fsp3) is 0.829. The lowest BCUT2D eigenvalue weighted by molar-refractivity contribution is -0.174. The minimum Gasteiger partial charge on any atom is -0.447 e. The Morgan fingerprint density at radius 1 is 1.09 bits per heavy atom. The molecule has 0 heterocycles. The van der Waals surface area contributed by atoms with Gasteiger partial charge in [-0.15, -0.1) is 12.3 Å². The SMILES string of the molecule is C#CCCOCCOC(=O)NC(CN=[N+]=[N-])NC(=O)C=CCC[C@@H](C)[C@H]1CC[C@H]2[C@@H]3C(O)C[C@@H]4C[C@H](O)CC[C@]4(C)[C@H]3CC[C@]12C. The molecule has 4 fully saturated rings. The fourth-order valence-corrected chi connectivity index (χ4v) is 10.0. The third-order valence-electron chi connectivity index (χ3n) is 12.3. The van der Waals surface area contributed by atoms with Gasteiger partial charge in [-0.05, 0) is 122 Å². The minimum absolute atomic E-state index is 0.0180. The van der Waals surface area contributed by atoms with Gasteiger partial charge in [0.1, 0.15) is 12.8 Å². The van der Waals surface area contributed by atoms with Crippen LogP contribution < -0.4 is 10.6 Å². The average molecular weight is 642 g/mol. The first-order chi connectivity index (χ1) is 22.0. The summed E-state index contributed by atoms with van der Waals surface area (Å²) in [6.07, 6.45) is 16.8. The first kappa shape index (κ1) is 36.1. The smallest absolute Gasteiger partial charge is 0.408 e. The van der Waals surface area contributed by atoms with E-state index in [1.807, 2.05) is 6.08 Å². The van der Waals surface area contributed by atoms with Gasteiger partial charge in [0.25, 0.3) is 0 Å². The van der Waals surface area contributed by atoms with Gasteiger partial charge < -0.3 is 30.3 Å². The topological polar surface area (TPSA) is 166 Å². The largest absolute Gasteiger partial charge is 0.447 e. The van der Waals surface area contributed by atoms with Crippen LogP contribution in [0.1, 0.15) is 91.4 Å². The summed E-state index contributed by atoms with van der Waals surface area (Å²) in [5.74, 6) is 4.97. The van der Waals surface area contributed by atoms with Crippen LogP contribution in [0.25, 0.3) is 10.4 Å². The Kier molecular flexibility index (Phi) is 12.8. The first-order valence-electron chi connectivity index (χ1n) is 17.3. The van der Waals surface area contributed by atoms with Gasteiger partial charge in [-0.3, -0.25) is 4.79 Å².